The molecule has 0 aliphatic carbocycles. The number of carboxylic acids is 1. The molecule has 0 unspecified atom stereocenters. The van der Waals surface area contributed by atoms with Crippen LogP contribution in [0.1, 0.15) is 19.2 Å². The topological polar surface area (TPSA) is 80.0 Å². The van der Waals surface area contributed by atoms with Gasteiger partial charge in [0.15, 0.2) is 0 Å². The Morgan fingerprint density at radius 1 is 1.71 bits per heavy atom. The number of rotatable bonds is 6. The predicted molar refractivity (Wildman–Crippen MR) is 49.7 cm³/mol. The molecule has 14 heavy (non-hydrogen) atoms. The lowest BCUT2D eigenvalue weighted by Gasteiger charge is -2.03. The lowest BCUT2D eigenvalue weighted by atomic mass is 10.4. The Morgan fingerprint density at radius 3 is 3.14 bits per heavy atom. The lowest BCUT2D eigenvalue weighted by molar-refractivity contribution is -0.136. The third kappa shape index (κ3) is 3.14. The molecule has 1 heterocycles. The highest BCUT2D eigenvalue weighted by Gasteiger charge is 2.01. The van der Waals surface area contributed by atoms with Crippen molar-refractivity contribution in [3.05, 3.63) is 12.2 Å². The molecule has 0 spiro atoms. The van der Waals surface area contributed by atoms with Crippen molar-refractivity contribution < 1.29 is 9.90 Å². The molecule has 1 aromatic rings. The van der Waals surface area contributed by atoms with E-state index in [1.165, 1.54) is 6.33 Å². The lowest BCUT2D eigenvalue weighted by Crippen LogP contribution is -2.20. The second-order valence-electron chi connectivity index (χ2n) is 2.81. The van der Waals surface area contributed by atoms with Crippen molar-refractivity contribution in [3.8, 4) is 0 Å². The monoisotopic (exact) mass is 198 g/mol. The first kappa shape index (κ1) is 10.6. The Hall–Kier alpha value is -1.43. The quantitative estimate of drug-likeness (QED) is 0.622. The summed E-state index contributed by atoms with van der Waals surface area (Å²) in [6.07, 6.45) is 1.62. The zero-order valence-corrected chi connectivity index (χ0v) is 8.10. The summed E-state index contributed by atoms with van der Waals surface area (Å²) in [6, 6.07) is 0. The van der Waals surface area contributed by atoms with Gasteiger partial charge in [0.2, 0.25) is 0 Å². The molecule has 0 aliphatic rings. The average Bonchev–Trinajstić information content (AvgIpc) is 2.59. The third-order valence-electron chi connectivity index (χ3n) is 1.79. The summed E-state index contributed by atoms with van der Waals surface area (Å²) in [7, 11) is 0. The minimum absolute atomic E-state index is 0.125. The summed E-state index contributed by atoms with van der Waals surface area (Å²) < 4.78 is 1.77. The molecular weight excluding hydrogens is 184 g/mol. The SMILES string of the molecule is CCn1ncnc1CNCCC(=O)O. The van der Waals surface area contributed by atoms with Crippen molar-refractivity contribution in [1.82, 2.24) is 20.1 Å². The molecule has 0 atom stereocenters. The fourth-order valence-electron chi connectivity index (χ4n) is 1.08. The molecule has 0 aromatic carbocycles. The number of aromatic nitrogens is 3. The first-order chi connectivity index (χ1) is 6.74. The highest BCUT2D eigenvalue weighted by atomic mass is 16.4. The van der Waals surface area contributed by atoms with Crippen molar-refractivity contribution in [1.29, 1.82) is 0 Å². The molecule has 0 bridgehead atoms. The number of nitrogens with zero attached hydrogens (tertiary/aromatic N) is 3. The van der Waals surface area contributed by atoms with Gasteiger partial charge in [-0.1, -0.05) is 0 Å². The molecule has 0 radical (unpaired) electrons. The summed E-state index contributed by atoms with van der Waals surface area (Å²) in [4.78, 5) is 14.3. The van der Waals surface area contributed by atoms with Crippen LogP contribution in [-0.2, 0) is 17.9 Å². The highest BCUT2D eigenvalue weighted by molar-refractivity contribution is 5.66. The largest absolute Gasteiger partial charge is 0.481 e. The molecule has 1 rings (SSSR count). The molecule has 6 nitrogen and oxygen atoms in total. The van der Waals surface area contributed by atoms with E-state index >= 15 is 0 Å². The maximum atomic E-state index is 10.2. The van der Waals surface area contributed by atoms with E-state index in [4.69, 9.17) is 5.11 Å². The van der Waals surface area contributed by atoms with Crippen molar-refractivity contribution in [3.63, 3.8) is 0 Å². The van der Waals surface area contributed by atoms with Gasteiger partial charge in [0.1, 0.15) is 12.2 Å². The molecule has 6 heteroatoms. The van der Waals surface area contributed by atoms with Crippen LogP contribution in [0, 0.1) is 0 Å². The van der Waals surface area contributed by atoms with E-state index < -0.39 is 5.97 Å². The first-order valence-electron chi connectivity index (χ1n) is 4.53. The average molecular weight is 198 g/mol. The summed E-state index contributed by atoms with van der Waals surface area (Å²) >= 11 is 0. The molecule has 0 saturated carbocycles. The van der Waals surface area contributed by atoms with Gasteiger partial charge < -0.3 is 10.4 Å². The van der Waals surface area contributed by atoms with E-state index in [1.807, 2.05) is 6.92 Å². The number of hydrogen-bond donors (Lipinski definition) is 2. The van der Waals surface area contributed by atoms with Crippen LogP contribution in [0.2, 0.25) is 0 Å². The molecule has 78 valence electrons. The van der Waals surface area contributed by atoms with Crippen LogP contribution in [-0.4, -0.2) is 32.4 Å². The molecule has 1 aromatic heterocycles. The van der Waals surface area contributed by atoms with Gasteiger partial charge in [-0.25, -0.2) is 9.67 Å². The maximum Gasteiger partial charge on any atom is 0.304 e. The fraction of sp³-hybridized carbons (Fsp3) is 0.625. The molecule has 0 aliphatic heterocycles. The minimum Gasteiger partial charge on any atom is -0.481 e. The second kappa shape index (κ2) is 5.33. The van der Waals surface area contributed by atoms with Crippen molar-refractivity contribution >= 4 is 5.97 Å². The van der Waals surface area contributed by atoms with Crippen LogP contribution in [0.15, 0.2) is 6.33 Å². The standard InChI is InChI=1S/C8H14N4O2/c1-2-12-7(10-6-11-12)5-9-4-3-8(13)14/h6,9H,2-5H2,1H3,(H,13,14). The van der Waals surface area contributed by atoms with Crippen molar-refractivity contribution in [2.24, 2.45) is 0 Å². The van der Waals surface area contributed by atoms with Crippen LogP contribution in [0.4, 0.5) is 0 Å². The second-order valence-corrected chi connectivity index (χ2v) is 2.81. The van der Waals surface area contributed by atoms with E-state index in [2.05, 4.69) is 15.4 Å². The van der Waals surface area contributed by atoms with Gasteiger partial charge in [-0.3, -0.25) is 4.79 Å². The number of carboxylic acid groups (broad SMARTS) is 1. The molecule has 0 saturated heterocycles. The maximum absolute atomic E-state index is 10.2. The summed E-state index contributed by atoms with van der Waals surface area (Å²) in [5.41, 5.74) is 0. The van der Waals surface area contributed by atoms with Gasteiger partial charge in [-0.2, -0.15) is 5.10 Å². The third-order valence-corrected chi connectivity index (χ3v) is 1.79. The van der Waals surface area contributed by atoms with Gasteiger partial charge in [-0.15, -0.1) is 0 Å². The first-order valence-corrected chi connectivity index (χ1v) is 4.53. The Bertz CT molecular complexity index is 297. The van der Waals surface area contributed by atoms with Gasteiger partial charge in [-0.05, 0) is 6.92 Å². The summed E-state index contributed by atoms with van der Waals surface area (Å²) in [5, 5.41) is 15.4. The summed E-state index contributed by atoms with van der Waals surface area (Å²) in [5.74, 6) is 0.0346. The number of carbonyl (C=O) groups is 1. The minimum atomic E-state index is -0.797. The number of nitrogens with one attached hydrogen (secondary N) is 1. The number of aliphatic carboxylic acids is 1. The predicted octanol–water partition coefficient (Wildman–Crippen LogP) is -0.138. The van der Waals surface area contributed by atoms with Crippen molar-refractivity contribution in [2.45, 2.75) is 26.4 Å². The van der Waals surface area contributed by atoms with E-state index in [9.17, 15) is 4.79 Å². The van der Waals surface area contributed by atoms with Gasteiger partial charge in [0.05, 0.1) is 13.0 Å². The Balaban J connectivity index is 2.27. The fourth-order valence-corrected chi connectivity index (χ4v) is 1.08. The van der Waals surface area contributed by atoms with Gasteiger partial charge in [0, 0.05) is 13.1 Å². The number of hydrogen-bond acceptors (Lipinski definition) is 4. The van der Waals surface area contributed by atoms with Crippen LogP contribution in [0.25, 0.3) is 0 Å². The Kier molecular flexibility index (Phi) is 4.06. The Morgan fingerprint density at radius 2 is 2.50 bits per heavy atom. The van der Waals surface area contributed by atoms with E-state index in [-0.39, 0.29) is 6.42 Å². The van der Waals surface area contributed by atoms with Crippen LogP contribution >= 0.6 is 0 Å². The van der Waals surface area contributed by atoms with Crippen molar-refractivity contribution in [2.75, 3.05) is 6.54 Å². The summed E-state index contributed by atoms with van der Waals surface area (Å²) in [6.45, 7) is 3.76. The smallest absolute Gasteiger partial charge is 0.304 e. The highest BCUT2D eigenvalue weighted by Crippen LogP contribution is 1.92. The van der Waals surface area contributed by atoms with Crippen LogP contribution in [0.5, 0.6) is 0 Å². The molecular formula is C8H14N4O2. The van der Waals surface area contributed by atoms with Crippen LogP contribution < -0.4 is 5.32 Å². The van der Waals surface area contributed by atoms with E-state index in [1.54, 1.807) is 4.68 Å². The van der Waals surface area contributed by atoms with E-state index in [0.29, 0.717) is 13.1 Å². The zero-order valence-electron chi connectivity index (χ0n) is 8.10. The molecule has 2 N–H and O–H groups in total. The van der Waals surface area contributed by atoms with Gasteiger partial charge in [0.25, 0.3) is 0 Å². The number of aryl methyl sites for hydroxylation is 1. The normalized spacial score (nSPS) is 10.4. The molecule has 0 amide bonds. The van der Waals surface area contributed by atoms with Crippen LogP contribution in [0.3, 0.4) is 0 Å². The van der Waals surface area contributed by atoms with E-state index in [0.717, 1.165) is 12.4 Å². The zero-order chi connectivity index (χ0) is 10.4. The Labute approximate surface area is 82.0 Å². The van der Waals surface area contributed by atoms with Gasteiger partial charge >= 0.3 is 5.97 Å². The molecule has 0 fully saturated rings.